The fourth-order valence-corrected chi connectivity index (χ4v) is 7.89. The van der Waals surface area contributed by atoms with Crippen LogP contribution < -0.4 is 4.74 Å². The molecule has 2 saturated carbocycles. The summed E-state index contributed by atoms with van der Waals surface area (Å²) in [6.07, 6.45) is 6.81. The summed E-state index contributed by atoms with van der Waals surface area (Å²) in [4.78, 5) is 15.2. The zero-order valence-electron chi connectivity index (χ0n) is 19.7. The number of hydrogen-bond acceptors (Lipinski definition) is 6. The Balaban J connectivity index is 1.27. The molecule has 7 nitrogen and oxygen atoms in total. The second kappa shape index (κ2) is 6.64. The minimum atomic E-state index is -0.803. The largest absolute Gasteiger partial charge is 0.496 e. The van der Waals surface area contributed by atoms with Gasteiger partial charge in [-0.1, -0.05) is 19.4 Å². The molecule has 7 heteroatoms. The number of carbonyl (C=O) groups is 1. The maximum absolute atomic E-state index is 13.3. The molecular weight excluding hydrogens is 422 g/mol. The van der Waals surface area contributed by atoms with E-state index < -0.39 is 17.1 Å². The van der Waals surface area contributed by atoms with Crippen molar-refractivity contribution in [2.24, 2.45) is 0 Å². The maximum atomic E-state index is 13.3. The monoisotopic (exact) mass is 455 g/mol. The second-order valence-electron chi connectivity index (χ2n) is 11.2. The molecule has 0 N–H and O–H groups in total. The van der Waals surface area contributed by atoms with Gasteiger partial charge in [-0.3, -0.25) is 4.90 Å². The molecule has 1 aromatic carbocycles. The standard InChI is InChI=1S/C26H33NO6/c1-15-9-17-14-27-23(28)33-24-12-19-22(32-25(30-19)7-5-4-6-8-25)20(13-24)31-26(24,27)11-16(2)21(17)18(10-15)29-3/h9-10,16,19-20,22H,4-8,11-14H2,1-3H3/t16-,19-,20-,22-,24+,26-/m1/s1. The van der Waals surface area contributed by atoms with Gasteiger partial charge in [0.2, 0.25) is 0 Å². The van der Waals surface area contributed by atoms with Crippen LogP contribution in [0.15, 0.2) is 12.1 Å². The van der Waals surface area contributed by atoms with Crippen LogP contribution in [0.4, 0.5) is 4.79 Å². The molecule has 3 saturated heterocycles. The van der Waals surface area contributed by atoms with Crippen LogP contribution in [0.25, 0.3) is 0 Å². The summed E-state index contributed by atoms with van der Waals surface area (Å²) in [6.45, 7) is 4.74. The molecule has 33 heavy (non-hydrogen) atoms. The number of aryl methyl sites for hydroxylation is 1. The zero-order chi connectivity index (χ0) is 22.6. The number of nitrogens with zero attached hydrogens (tertiary/aromatic N) is 1. The molecule has 178 valence electrons. The van der Waals surface area contributed by atoms with E-state index in [4.69, 9.17) is 23.7 Å². The van der Waals surface area contributed by atoms with E-state index in [1.165, 1.54) is 12.0 Å². The lowest BCUT2D eigenvalue weighted by Crippen LogP contribution is -2.57. The first-order valence-corrected chi connectivity index (χ1v) is 12.6. The topological polar surface area (TPSA) is 66.5 Å². The van der Waals surface area contributed by atoms with Crippen LogP contribution in [0.3, 0.4) is 0 Å². The average Bonchev–Trinajstić information content (AvgIpc) is 3.28. The van der Waals surface area contributed by atoms with Gasteiger partial charge in [0.15, 0.2) is 17.1 Å². The molecule has 4 aliphatic heterocycles. The summed E-state index contributed by atoms with van der Waals surface area (Å²) in [5.74, 6) is 0.574. The molecule has 6 aliphatic rings. The summed E-state index contributed by atoms with van der Waals surface area (Å²) in [5, 5.41) is 0. The third-order valence-electron chi connectivity index (χ3n) is 9.12. The van der Waals surface area contributed by atoms with E-state index in [0.29, 0.717) is 25.8 Å². The summed E-state index contributed by atoms with van der Waals surface area (Å²) < 4.78 is 32.2. The smallest absolute Gasteiger partial charge is 0.413 e. The lowest BCUT2D eigenvalue weighted by molar-refractivity contribution is -0.221. The van der Waals surface area contributed by atoms with Crippen LogP contribution in [-0.2, 0) is 25.5 Å². The van der Waals surface area contributed by atoms with E-state index in [0.717, 1.165) is 42.6 Å². The van der Waals surface area contributed by atoms with Crippen LogP contribution in [0, 0.1) is 6.92 Å². The third-order valence-corrected chi connectivity index (χ3v) is 9.12. The van der Waals surface area contributed by atoms with Gasteiger partial charge in [-0.05, 0) is 42.9 Å². The molecule has 0 radical (unpaired) electrons. The number of fused-ring (bicyclic) bond motifs is 4. The van der Waals surface area contributed by atoms with Crippen LogP contribution in [-0.4, -0.2) is 53.5 Å². The number of rotatable bonds is 1. The number of hydrogen-bond donors (Lipinski definition) is 0. The maximum Gasteiger partial charge on any atom is 0.413 e. The molecule has 4 heterocycles. The Hall–Kier alpha value is -1.83. The second-order valence-corrected chi connectivity index (χ2v) is 11.2. The zero-order valence-corrected chi connectivity index (χ0v) is 19.7. The van der Waals surface area contributed by atoms with E-state index in [1.807, 2.05) is 4.90 Å². The van der Waals surface area contributed by atoms with E-state index in [2.05, 4.69) is 26.0 Å². The molecule has 3 spiro atoms. The molecule has 0 unspecified atom stereocenters. The van der Waals surface area contributed by atoms with Crippen molar-refractivity contribution in [1.29, 1.82) is 0 Å². The number of ether oxygens (including phenoxy) is 5. The molecule has 1 aromatic rings. The summed E-state index contributed by atoms with van der Waals surface area (Å²) in [6, 6.07) is 4.25. The van der Waals surface area contributed by atoms with E-state index in [9.17, 15) is 4.79 Å². The highest BCUT2D eigenvalue weighted by atomic mass is 16.8. The Bertz CT molecular complexity index is 1020. The van der Waals surface area contributed by atoms with Crippen LogP contribution in [0.2, 0.25) is 0 Å². The van der Waals surface area contributed by atoms with Gasteiger partial charge in [-0.2, -0.15) is 0 Å². The Morgan fingerprint density at radius 2 is 1.79 bits per heavy atom. The minimum Gasteiger partial charge on any atom is -0.496 e. The van der Waals surface area contributed by atoms with Gasteiger partial charge in [0.05, 0.1) is 25.9 Å². The van der Waals surface area contributed by atoms with Gasteiger partial charge in [0.25, 0.3) is 0 Å². The molecular formula is C26H33NO6. The fourth-order valence-electron chi connectivity index (χ4n) is 7.89. The Labute approximate surface area is 194 Å². The van der Waals surface area contributed by atoms with Gasteiger partial charge in [-0.25, -0.2) is 4.79 Å². The van der Waals surface area contributed by atoms with Crippen molar-refractivity contribution in [1.82, 2.24) is 4.90 Å². The van der Waals surface area contributed by atoms with E-state index in [1.54, 1.807) is 7.11 Å². The number of methoxy groups -OCH3 is 1. The number of benzene rings is 1. The molecule has 2 aliphatic carbocycles. The predicted octanol–water partition coefficient (Wildman–Crippen LogP) is 4.54. The van der Waals surface area contributed by atoms with E-state index >= 15 is 0 Å². The Kier molecular flexibility index (Phi) is 4.13. The highest BCUT2D eigenvalue weighted by Gasteiger charge is 2.77. The first kappa shape index (κ1) is 20.5. The van der Waals surface area contributed by atoms with Crippen molar-refractivity contribution >= 4 is 6.09 Å². The van der Waals surface area contributed by atoms with Crippen molar-refractivity contribution in [3.05, 3.63) is 28.8 Å². The van der Waals surface area contributed by atoms with Gasteiger partial charge in [0.1, 0.15) is 11.9 Å². The van der Waals surface area contributed by atoms with Crippen molar-refractivity contribution in [2.45, 2.75) is 113 Å². The van der Waals surface area contributed by atoms with Gasteiger partial charge >= 0.3 is 6.09 Å². The van der Waals surface area contributed by atoms with Crippen molar-refractivity contribution < 1.29 is 28.5 Å². The Morgan fingerprint density at radius 1 is 1.03 bits per heavy atom. The highest BCUT2D eigenvalue weighted by Crippen LogP contribution is 2.63. The number of amides is 1. The molecule has 1 amide bonds. The lowest BCUT2D eigenvalue weighted by atomic mass is 9.74. The summed E-state index contributed by atoms with van der Waals surface area (Å²) in [5.41, 5.74) is 1.91. The van der Waals surface area contributed by atoms with Gasteiger partial charge in [-0.15, -0.1) is 0 Å². The van der Waals surface area contributed by atoms with Crippen molar-refractivity contribution in [2.75, 3.05) is 7.11 Å². The Morgan fingerprint density at radius 3 is 2.55 bits per heavy atom. The average molecular weight is 456 g/mol. The van der Waals surface area contributed by atoms with E-state index in [-0.39, 0.29) is 30.3 Å². The number of carbonyl (C=O) groups excluding carboxylic acids is 1. The van der Waals surface area contributed by atoms with Crippen LogP contribution in [0.5, 0.6) is 5.75 Å². The third kappa shape index (κ3) is 2.59. The summed E-state index contributed by atoms with van der Waals surface area (Å²) in [7, 11) is 1.72. The summed E-state index contributed by atoms with van der Waals surface area (Å²) >= 11 is 0. The SMILES string of the molecule is COc1cc(C)cc2c1[C@H](C)C[C@@]13O[C@@H]4C[C@]1(C[C@H]1OC5(CCCCC5)O[C@H]14)OC(=O)N3C2. The van der Waals surface area contributed by atoms with Crippen LogP contribution >= 0.6 is 0 Å². The highest BCUT2D eigenvalue weighted by molar-refractivity contribution is 5.74. The quantitative estimate of drug-likeness (QED) is 0.620. The normalized spacial score (nSPS) is 42.3. The van der Waals surface area contributed by atoms with Gasteiger partial charge < -0.3 is 23.7 Å². The molecule has 0 aromatic heterocycles. The molecule has 2 bridgehead atoms. The first-order valence-electron chi connectivity index (χ1n) is 12.6. The first-order chi connectivity index (χ1) is 15.9. The van der Waals surface area contributed by atoms with Crippen molar-refractivity contribution in [3.63, 3.8) is 0 Å². The van der Waals surface area contributed by atoms with Gasteiger partial charge in [0, 0.05) is 37.7 Å². The lowest BCUT2D eigenvalue weighted by Gasteiger charge is -2.41. The molecule has 5 fully saturated rings. The fraction of sp³-hybridized carbons (Fsp3) is 0.731. The molecule has 7 rings (SSSR count). The van der Waals surface area contributed by atoms with Crippen LogP contribution in [0.1, 0.15) is 80.9 Å². The van der Waals surface area contributed by atoms with Crippen molar-refractivity contribution in [3.8, 4) is 5.75 Å². The predicted molar refractivity (Wildman–Crippen MR) is 118 cm³/mol. The molecule has 6 atom stereocenters. The minimum absolute atomic E-state index is 0.0908.